The summed E-state index contributed by atoms with van der Waals surface area (Å²) >= 11 is 0. The first-order valence-corrected chi connectivity index (χ1v) is 12.0. The highest BCUT2D eigenvalue weighted by molar-refractivity contribution is 5.94. The molecule has 0 fully saturated rings. The number of ether oxygens (including phenoxy) is 2. The van der Waals surface area contributed by atoms with Crippen LogP contribution >= 0.6 is 0 Å². The van der Waals surface area contributed by atoms with Crippen molar-refractivity contribution < 1.29 is 14.3 Å². The van der Waals surface area contributed by atoms with Crippen molar-refractivity contribution in [2.45, 2.75) is 40.8 Å². The molecule has 4 aromatic rings. The predicted octanol–water partition coefficient (Wildman–Crippen LogP) is 4.71. The number of benzene rings is 3. The van der Waals surface area contributed by atoms with Gasteiger partial charge in [-0.05, 0) is 86.3 Å². The summed E-state index contributed by atoms with van der Waals surface area (Å²) in [6, 6.07) is 16.9. The summed E-state index contributed by atoms with van der Waals surface area (Å²) in [6.07, 6.45) is 0. The van der Waals surface area contributed by atoms with Gasteiger partial charge in [0.25, 0.3) is 11.5 Å². The molecule has 0 aliphatic carbocycles. The Hall–Kier alpha value is -4.13. The van der Waals surface area contributed by atoms with E-state index >= 15 is 0 Å². The minimum Gasteiger partial charge on any atom is -0.493 e. The van der Waals surface area contributed by atoms with Crippen molar-refractivity contribution in [2.75, 3.05) is 13.7 Å². The average molecular weight is 486 g/mol. The zero-order chi connectivity index (χ0) is 25.8. The molecule has 1 aromatic heterocycles. The van der Waals surface area contributed by atoms with Gasteiger partial charge in [0.2, 0.25) is 0 Å². The van der Waals surface area contributed by atoms with Crippen LogP contribution in [0.2, 0.25) is 0 Å². The van der Waals surface area contributed by atoms with Gasteiger partial charge in [0.1, 0.15) is 5.69 Å². The Labute approximate surface area is 210 Å². The fourth-order valence-corrected chi connectivity index (χ4v) is 4.11. The first kappa shape index (κ1) is 25.0. The Morgan fingerprint density at radius 2 is 1.64 bits per heavy atom. The van der Waals surface area contributed by atoms with Crippen LogP contribution in [0.15, 0.2) is 59.4 Å². The van der Waals surface area contributed by atoms with Crippen molar-refractivity contribution in [3.05, 3.63) is 98.5 Å². The molecule has 0 saturated heterocycles. The summed E-state index contributed by atoms with van der Waals surface area (Å²) < 4.78 is 12.7. The van der Waals surface area contributed by atoms with E-state index in [0.29, 0.717) is 42.5 Å². The molecule has 0 unspecified atom stereocenters. The van der Waals surface area contributed by atoms with E-state index in [9.17, 15) is 9.59 Å². The van der Waals surface area contributed by atoms with E-state index in [-0.39, 0.29) is 11.5 Å². The molecule has 0 bridgehead atoms. The summed E-state index contributed by atoms with van der Waals surface area (Å²) in [5, 5.41) is 2.94. The highest BCUT2D eigenvalue weighted by Crippen LogP contribution is 2.28. The van der Waals surface area contributed by atoms with Crippen molar-refractivity contribution in [3.63, 3.8) is 0 Å². The molecule has 0 atom stereocenters. The number of hydrogen-bond acceptors (Lipinski definition) is 5. The molecule has 1 amide bonds. The molecule has 1 heterocycles. The Balaban J connectivity index is 1.49. The highest BCUT2D eigenvalue weighted by Gasteiger charge is 2.12. The normalized spacial score (nSPS) is 10.9. The van der Waals surface area contributed by atoms with Crippen molar-refractivity contribution in [3.8, 4) is 11.5 Å². The SMILES string of the molecule is CCOc1cc(CNC(=O)c2ccc(Cn3c(=O)c(C)nc4cc(C)c(C)cc43)cc2)ccc1OC. The number of aromatic nitrogens is 2. The zero-order valence-corrected chi connectivity index (χ0v) is 21.3. The molecule has 0 radical (unpaired) electrons. The zero-order valence-electron chi connectivity index (χ0n) is 21.3. The average Bonchev–Trinajstić information content (AvgIpc) is 2.87. The van der Waals surface area contributed by atoms with E-state index in [1.54, 1.807) is 30.7 Å². The van der Waals surface area contributed by atoms with Crippen molar-refractivity contribution in [2.24, 2.45) is 0 Å². The van der Waals surface area contributed by atoms with Crippen LogP contribution in [0.1, 0.15) is 45.2 Å². The van der Waals surface area contributed by atoms with Crippen LogP contribution in [-0.2, 0) is 13.1 Å². The lowest BCUT2D eigenvalue weighted by atomic mass is 10.1. The second-order valence-electron chi connectivity index (χ2n) is 8.81. The molecule has 7 heteroatoms. The first-order valence-electron chi connectivity index (χ1n) is 12.0. The number of hydrogen-bond donors (Lipinski definition) is 1. The molecule has 0 spiro atoms. The third kappa shape index (κ3) is 5.25. The van der Waals surface area contributed by atoms with Gasteiger partial charge in [0.05, 0.1) is 31.3 Å². The standard InChI is InChI=1S/C29H31N3O4/c1-6-36-27-15-22(9-12-26(27)35-5)16-30-28(33)23-10-7-21(8-11-23)17-32-25-14-19(3)18(2)13-24(25)31-20(4)29(32)34/h7-15H,6,16-17H2,1-5H3,(H,30,33). The number of nitrogens with one attached hydrogen (secondary N) is 1. The minimum absolute atomic E-state index is 0.113. The van der Waals surface area contributed by atoms with Crippen LogP contribution in [-0.4, -0.2) is 29.2 Å². The second kappa shape index (κ2) is 10.6. The summed E-state index contributed by atoms with van der Waals surface area (Å²) in [5.41, 5.74) is 6.60. The lowest BCUT2D eigenvalue weighted by Crippen LogP contribution is -2.25. The lowest BCUT2D eigenvalue weighted by molar-refractivity contribution is 0.0951. The number of nitrogens with zero attached hydrogens (tertiary/aromatic N) is 2. The van der Waals surface area contributed by atoms with Crippen LogP contribution in [0.25, 0.3) is 11.0 Å². The van der Waals surface area contributed by atoms with Gasteiger partial charge >= 0.3 is 0 Å². The van der Waals surface area contributed by atoms with E-state index in [1.807, 2.05) is 63.2 Å². The molecule has 186 valence electrons. The van der Waals surface area contributed by atoms with Crippen molar-refractivity contribution >= 4 is 16.9 Å². The number of rotatable bonds is 8. The summed E-state index contributed by atoms with van der Waals surface area (Å²) in [5.74, 6) is 1.13. The van der Waals surface area contributed by atoms with Gasteiger partial charge in [0, 0.05) is 12.1 Å². The van der Waals surface area contributed by atoms with Crippen LogP contribution in [0.5, 0.6) is 11.5 Å². The Morgan fingerprint density at radius 3 is 2.33 bits per heavy atom. The van der Waals surface area contributed by atoms with E-state index < -0.39 is 0 Å². The molecule has 36 heavy (non-hydrogen) atoms. The quantitative estimate of drug-likeness (QED) is 0.391. The second-order valence-corrected chi connectivity index (χ2v) is 8.81. The number of carbonyl (C=O) groups is 1. The first-order chi connectivity index (χ1) is 17.3. The molecule has 0 aliphatic rings. The molecular weight excluding hydrogens is 454 g/mol. The monoisotopic (exact) mass is 485 g/mol. The van der Waals surface area contributed by atoms with Crippen LogP contribution in [0.4, 0.5) is 0 Å². The molecule has 3 aromatic carbocycles. The fraction of sp³-hybridized carbons (Fsp3) is 0.276. The predicted molar refractivity (Wildman–Crippen MR) is 141 cm³/mol. The molecular formula is C29H31N3O4. The van der Waals surface area contributed by atoms with Gasteiger partial charge < -0.3 is 19.4 Å². The van der Waals surface area contributed by atoms with Gasteiger partial charge in [-0.25, -0.2) is 4.98 Å². The van der Waals surface area contributed by atoms with E-state index in [0.717, 1.165) is 33.3 Å². The van der Waals surface area contributed by atoms with Crippen LogP contribution in [0, 0.1) is 20.8 Å². The third-order valence-electron chi connectivity index (χ3n) is 6.26. The van der Waals surface area contributed by atoms with Crippen molar-refractivity contribution in [1.29, 1.82) is 0 Å². The summed E-state index contributed by atoms with van der Waals surface area (Å²) in [6.45, 7) is 9.00. The van der Waals surface area contributed by atoms with Gasteiger partial charge in [-0.2, -0.15) is 0 Å². The van der Waals surface area contributed by atoms with Gasteiger partial charge in [-0.3, -0.25) is 9.59 Å². The Bertz CT molecular complexity index is 1470. The molecule has 7 nitrogen and oxygen atoms in total. The van der Waals surface area contributed by atoms with E-state index in [4.69, 9.17) is 9.47 Å². The summed E-state index contributed by atoms with van der Waals surface area (Å²) in [4.78, 5) is 30.1. The van der Waals surface area contributed by atoms with Crippen LogP contribution in [0.3, 0.4) is 0 Å². The van der Waals surface area contributed by atoms with E-state index in [2.05, 4.69) is 10.3 Å². The van der Waals surface area contributed by atoms with Crippen LogP contribution < -0.4 is 20.3 Å². The number of amides is 1. The third-order valence-corrected chi connectivity index (χ3v) is 6.26. The maximum absolute atomic E-state index is 12.9. The summed E-state index contributed by atoms with van der Waals surface area (Å²) in [7, 11) is 1.60. The smallest absolute Gasteiger partial charge is 0.272 e. The largest absolute Gasteiger partial charge is 0.493 e. The molecule has 0 saturated carbocycles. The van der Waals surface area contributed by atoms with E-state index in [1.165, 1.54) is 0 Å². The number of fused-ring (bicyclic) bond motifs is 1. The minimum atomic E-state index is -0.177. The number of methoxy groups -OCH3 is 1. The Kier molecular flexibility index (Phi) is 7.38. The molecule has 1 N–H and O–H groups in total. The molecule has 0 aliphatic heterocycles. The lowest BCUT2D eigenvalue weighted by Gasteiger charge is -2.14. The number of carbonyl (C=O) groups excluding carboxylic acids is 1. The highest BCUT2D eigenvalue weighted by atomic mass is 16.5. The van der Waals surface area contributed by atoms with Gasteiger partial charge in [-0.15, -0.1) is 0 Å². The fourth-order valence-electron chi connectivity index (χ4n) is 4.11. The van der Waals surface area contributed by atoms with Crippen molar-refractivity contribution in [1.82, 2.24) is 14.9 Å². The topological polar surface area (TPSA) is 82.5 Å². The maximum atomic E-state index is 12.9. The van der Waals surface area contributed by atoms with Gasteiger partial charge in [0.15, 0.2) is 11.5 Å². The number of aryl methyl sites for hydroxylation is 3. The van der Waals surface area contributed by atoms with Gasteiger partial charge in [-0.1, -0.05) is 18.2 Å². The maximum Gasteiger partial charge on any atom is 0.272 e. The Morgan fingerprint density at radius 1 is 0.944 bits per heavy atom. The molecule has 4 rings (SSSR count).